The van der Waals surface area contributed by atoms with Crippen LogP contribution in [-0.2, 0) is 17.6 Å². The number of amides is 1. The Morgan fingerprint density at radius 2 is 2.26 bits per heavy atom. The molecule has 0 radical (unpaired) electrons. The zero-order valence-corrected chi connectivity index (χ0v) is 11.2. The van der Waals surface area contributed by atoms with Crippen LogP contribution in [0.5, 0.6) is 0 Å². The minimum atomic E-state index is -0.114. The first-order valence-corrected chi connectivity index (χ1v) is 6.79. The van der Waals surface area contributed by atoms with E-state index in [-0.39, 0.29) is 5.91 Å². The molecule has 1 aliphatic rings. The first-order valence-electron chi connectivity index (χ1n) is 5.98. The van der Waals surface area contributed by atoms with Crippen molar-refractivity contribution in [3.63, 3.8) is 0 Å². The molecule has 1 aliphatic carbocycles. The molecule has 0 aliphatic heterocycles. The third-order valence-electron chi connectivity index (χ3n) is 3.10. The maximum atomic E-state index is 11.1. The van der Waals surface area contributed by atoms with Crippen LogP contribution in [0.3, 0.4) is 0 Å². The van der Waals surface area contributed by atoms with Crippen molar-refractivity contribution in [2.45, 2.75) is 19.8 Å². The molecule has 98 valence electrons. The van der Waals surface area contributed by atoms with E-state index >= 15 is 0 Å². The quantitative estimate of drug-likeness (QED) is 0.737. The van der Waals surface area contributed by atoms with Gasteiger partial charge in [0.1, 0.15) is 0 Å². The van der Waals surface area contributed by atoms with Crippen LogP contribution in [0, 0.1) is 0 Å². The summed E-state index contributed by atoms with van der Waals surface area (Å²) in [6.45, 7) is 1.47. The van der Waals surface area contributed by atoms with Gasteiger partial charge in [-0.05, 0) is 36.1 Å². The summed E-state index contributed by atoms with van der Waals surface area (Å²) in [5.74, 6) is -0.114. The number of nitrogens with one attached hydrogen (secondary N) is 2. The molecule has 0 atom stereocenters. The third kappa shape index (κ3) is 2.20. The van der Waals surface area contributed by atoms with E-state index in [1.807, 2.05) is 18.2 Å². The molecule has 3 rings (SSSR count). The fourth-order valence-corrected chi connectivity index (χ4v) is 3.37. The standard InChI is InChI=1S/C13H13N3O2S/c1-7(17)14-13-15-11-5-3-8-2-4-9(16-18)6-10(8)12(11)19-13/h2,4,6,16,18H,3,5H2,1H3,(H,14,15,17). The Labute approximate surface area is 114 Å². The summed E-state index contributed by atoms with van der Waals surface area (Å²) in [7, 11) is 0. The molecule has 0 unspecified atom stereocenters. The summed E-state index contributed by atoms with van der Waals surface area (Å²) in [6, 6.07) is 5.76. The molecule has 0 spiro atoms. The van der Waals surface area contributed by atoms with E-state index in [0.717, 1.165) is 29.0 Å². The van der Waals surface area contributed by atoms with Gasteiger partial charge >= 0.3 is 0 Å². The van der Waals surface area contributed by atoms with Gasteiger partial charge in [0.2, 0.25) is 5.91 Å². The van der Waals surface area contributed by atoms with Crippen LogP contribution in [0.1, 0.15) is 18.2 Å². The van der Waals surface area contributed by atoms with Gasteiger partial charge in [0.05, 0.1) is 16.3 Å². The van der Waals surface area contributed by atoms with Gasteiger partial charge in [-0.15, -0.1) is 0 Å². The number of aromatic nitrogens is 1. The third-order valence-corrected chi connectivity index (χ3v) is 4.14. The van der Waals surface area contributed by atoms with Crippen LogP contribution < -0.4 is 10.8 Å². The Kier molecular flexibility index (Phi) is 2.96. The highest BCUT2D eigenvalue weighted by atomic mass is 32.1. The second-order valence-electron chi connectivity index (χ2n) is 4.46. The summed E-state index contributed by atoms with van der Waals surface area (Å²) in [5.41, 5.74) is 6.14. The fraction of sp³-hybridized carbons (Fsp3) is 0.231. The molecule has 0 bridgehead atoms. The second kappa shape index (κ2) is 4.64. The number of rotatable bonds is 2. The predicted molar refractivity (Wildman–Crippen MR) is 74.7 cm³/mol. The van der Waals surface area contributed by atoms with Gasteiger partial charge in [0, 0.05) is 6.92 Å². The number of nitrogens with zero attached hydrogens (tertiary/aromatic N) is 1. The normalized spacial score (nSPS) is 12.5. The Morgan fingerprint density at radius 3 is 3.00 bits per heavy atom. The van der Waals surface area contributed by atoms with E-state index in [2.05, 4.69) is 15.8 Å². The highest BCUT2D eigenvalue weighted by molar-refractivity contribution is 7.19. The van der Waals surface area contributed by atoms with E-state index in [1.54, 1.807) is 0 Å². The van der Waals surface area contributed by atoms with Gasteiger partial charge in [0.15, 0.2) is 5.13 Å². The number of fused-ring (bicyclic) bond motifs is 3. The smallest absolute Gasteiger partial charge is 0.223 e. The second-order valence-corrected chi connectivity index (χ2v) is 5.46. The molecule has 0 fully saturated rings. The number of anilines is 2. The fourth-order valence-electron chi connectivity index (χ4n) is 2.26. The molecule has 5 nitrogen and oxygen atoms in total. The van der Waals surface area contributed by atoms with E-state index < -0.39 is 0 Å². The Morgan fingerprint density at radius 1 is 1.42 bits per heavy atom. The number of benzene rings is 1. The minimum Gasteiger partial charge on any atom is -0.302 e. The topological polar surface area (TPSA) is 74.2 Å². The Hall–Kier alpha value is -1.92. The van der Waals surface area contributed by atoms with Gasteiger partial charge in [-0.3, -0.25) is 15.5 Å². The molecule has 3 N–H and O–H groups in total. The number of thiazole rings is 1. The summed E-state index contributed by atoms with van der Waals surface area (Å²) in [6.07, 6.45) is 1.81. The first-order chi connectivity index (χ1) is 9.17. The molecule has 0 saturated heterocycles. The monoisotopic (exact) mass is 275 g/mol. The highest BCUT2D eigenvalue weighted by Gasteiger charge is 2.21. The zero-order valence-electron chi connectivity index (χ0n) is 10.4. The van der Waals surface area contributed by atoms with Crippen molar-refractivity contribution >= 4 is 28.1 Å². The van der Waals surface area contributed by atoms with E-state index in [1.165, 1.54) is 23.8 Å². The van der Waals surface area contributed by atoms with Crippen LogP contribution in [-0.4, -0.2) is 16.1 Å². The van der Waals surface area contributed by atoms with Gasteiger partial charge in [0.25, 0.3) is 0 Å². The van der Waals surface area contributed by atoms with E-state index in [4.69, 9.17) is 5.21 Å². The molecule has 1 amide bonds. The SMILES string of the molecule is CC(=O)Nc1nc2c(s1)-c1cc(NO)ccc1CC2. The average Bonchev–Trinajstić information content (AvgIpc) is 2.80. The van der Waals surface area contributed by atoms with Gasteiger partial charge < -0.3 is 5.32 Å². The number of carbonyl (C=O) groups is 1. The Bertz CT molecular complexity index is 651. The number of carbonyl (C=O) groups excluding carboxylic acids is 1. The van der Waals surface area contributed by atoms with Crippen molar-refractivity contribution in [1.82, 2.24) is 4.98 Å². The predicted octanol–water partition coefficient (Wildman–Crippen LogP) is 2.67. The van der Waals surface area contributed by atoms with Crippen molar-refractivity contribution in [3.8, 4) is 10.4 Å². The molecular weight excluding hydrogens is 262 g/mol. The summed E-state index contributed by atoms with van der Waals surface area (Å²) >= 11 is 1.47. The lowest BCUT2D eigenvalue weighted by Crippen LogP contribution is -2.06. The summed E-state index contributed by atoms with van der Waals surface area (Å²) < 4.78 is 0. The lowest BCUT2D eigenvalue weighted by molar-refractivity contribution is -0.114. The van der Waals surface area contributed by atoms with Crippen molar-refractivity contribution in [2.24, 2.45) is 0 Å². The molecule has 0 saturated carbocycles. The lowest BCUT2D eigenvalue weighted by Gasteiger charge is -2.15. The largest absolute Gasteiger partial charge is 0.302 e. The maximum Gasteiger partial charge on any atom is 0.223 e. The maximum absolute atomic E-state index is 11.1. The van der Waals surface area contributed by atoms with Gasteiger partial charge in [-0.2, -0.15) is 0 Å². The van der Waals surface area contributed by atoms with Crippen LogP contribution in [0.4, 0.5) is 10.8 Å². The highest BCUT2D eigenvalue weighted by Crippen LogP contribution is 2.40. The van der Waals surface area contributed by atoms with Crippen molar-refractivity contribution in [2.75, 3.05) is 10.8 Å². The molecule has 6 heteroatoms. The van der Waals surface area contributed by atoms with E-state index in [9.17, 15) is 4.79 Å². The Balaban J connectivity index is 2.06. The van der Waals surface area contributed by atoms with Crippen LogP contribution in [0.2, 0.25) is 0 Å². The number of aryl methyl sites for hydroxylation is 2. The summed E-state index contributed by atoms with van der Waals surface area (Å²) in [5, 5.41) is 12.3. The molecular formula is C13H13N3O2S. The van der Waals surface area contributed by atoms with Crippen molar-refractivity contribution < 1.29 is 10.0 Å². The lowest BCUT2D eigenvalue weighted by atomic mass is 9.93. The molecule has 1 aromatic heterocycles. The number of hydrogen-bond donors (Lipinski definition) is 3. The zero-order chi connectivity index (χ0) is 13.4. The van der Waals surface area contributed by atoms with E-state index in [0.29, 0.717) is 10.8 Å². The van der Waals surface area contributed by atoms with Crippen LogP contribution >= 0.6 is 11.3 Å². The molecule has 1 heterocycles. The van der Waals surface area contributed by atoms with Gasteiger partial charge in [-0.1, -0.05) is 17.4 Å². The molecule has 2 aromatic rings. The molecule has 19 heavy (non-hydrogen) atoms. The van der Waals surface area contributed by atoms with Crippen molar-refractivity contribution in [1.29, 1.82) is 0 Å². The minimum absolute atomic E-state index is 0.114. The molecule has 1 aromatic carbocycles. The van der Waals surface area contributed by atoms with Crippen LogP contribution in [0.25, 0.3) is 10.4 Å². The summed E-state index contributed by atoms with van der Waals surface area (Å²) in [4.78, 5) is 16.6. The average molecular weight is 275 g/mol. The number of hydrogen-bond acceptors (Lipinski definition) is 5. The van der Waals surface area contributed by atoms with Crippen molar-refractivity contribution in [3.05, 3.63) is 29.5 Å². The van der Waals surface area contributed by atoms with Gasteiger partial charge in [-0.25, -0.2) is 4.98 Å². The van der Waals surface area contributed by atoms with Crippen LogP contribution in [0.15, 0.2) is 18.2 Å². The first kappa shape index (κ1) is 12.1.